The molecular formula is C38H44N8O9S. The number of sulfonamides is 1. The summed E-state index contributed by atoms with van der Waals surface area (Å²) in [5.74, 6) is -2.79. The van der Waals surface area contributed by atoms with E-state index >= 15 is 0 Å². The summed E-state index contributed by atoms with van der Waals surface area (Å²) in [4.78, 5) is 78.8. The Morgan fingerprint density at radius 1 is 0.911 bits per heavy atom. The largest absolute Gasteiger partial charge is 0.446 e. The van der Waals surface area contributed by atoms with E-state index in [1.807, 2.05) is 44.2 Å². The van der Waals surface area contributed by atoms with E-state index in [-0.39, 0.29) is 54.0 Å². The van der Waals surface area contributed by atoms with Crippen LogP contribution in [0.25, 0.3) is 0 Å². The van der Waals surface area contributed by atoms with Crippen molar-refractivity contribution in [1.29, 1.82) is 0 Å². The van der Waals surface area contributed by atoms with Gasteiger partial charge in [-0.1, -0.05) is 44.2 Å². The molecule has 0 aliphatic carbocycles. The predicted octanol–water partition coefficient (Wildman–Crippen LogP) is 2.51. The maximum Gasteiger partial charge on any atom is 0.276 e. The first-order valence-corrected chi connectivity index (χ1v) is 19.9. The number of benzene rings is 2. The SMILES string of the molecule is CC(C)C[C@H]1NC(=O)c2coc(n2)[C@H](Cc2ccccc2)NC(=O)[C@@H]2C[C@H](NC(=O)c3ccc(N(C)S(C)(=O)=O)cc3)CN2C(=O)c2coc(n2)[C@@H](C)NC1=O. The highest BCUT2D eigenvalue weighted by atomic mass is 32.2. The lowest BCUT2D eigenvalue weighted by Crippen LogP contribution is -2.48. The molecule has 4 heterocycles. The molecule has 4 N–H and O–H groups in total. The average molecular weight is 789 g/mol. The summed E-state index contributed by atoms with van der Waals surface area (Å²) in [6, 6.07) is 10.7. The zero-order valence-electron chi connectivity index (χ0n) is 31.5. The summed E-state index contributed by atoms with van der Waals surface area (Å²) < 4.78 is 36.4. The van der Waals surface area contributed by atoms with E-state index in [2.05, 4.69) is 31.2 Å². The highest BCUT2D eigenvalue weighted by Crippen LogP contribution is 2.26. The van der Waals surface area contributed by atoms with E-state index < -0.39 is 69.8 Å². The number of anilines is 1. The summed E-state index contributed by atoms with van der Waals surface area (Å²) in [7, 11) is -2.12. The first-order chi connectivity index (χ1) is 26.6. The molecule has 0 radical (unpaired) electrons. The normalized spacial score (nSPS) is 22.0. The summed E-state index contributed by atoms with van der Waals surface area (Å²) in [5.41, 5.74) is 1.19. The molecule has 2 aromatic carbocycles. The number of nitrogens with one attached hydrogen (secondary N) is 4. The quantitative estimate of drug-likeness (QED) is 0.203. The molecule has 18 heteroatoms. The smallest absolute Gasteiger partial charge is 0.276 e. The molecule has 1 saturated heterocycles. The molecule has 1 fully saturated rings. The first-order valence-electron chi connectivity index (χ1n) is 18.1. The molecule has 0 unspecified atom stereocenters. The van der Waals surface area contributed by atoms with Gasteiger partial charge < -0.3 is 35.0 Å². The van der Waals surface area contributed by atoms with Crippen LogP contribution < -0.4 is 25.6 Å². The number of nitrogens with zero attached hydrogens (tertiary/aromatic N) is 4. The Labute approximate surface area is 323 Å². The van der Waals surface area contributed by atoms with Crippen LogP contribution >= 0.6 is 0 Å². The molecule has 296 valence electrons. The number of fused-ring (bicyclic) bond motifs is 5. The number of carbonyl (C=O) groups is 5. The number of amides is 5. The maximum atomic E-state index is 14.3. The van der Waals surface area contributed by atoms with E-state index in [4.69, 9.17) is 8.83 Å². The highest BCUT2D eigenvalue weighted by Gasteiger charge is 2.43. The van der Waals surface area contributed by atoms with Crippen molar-refractivity contribution in [2.24, 2.45) is 5.92 Å². The second kappa shape index (κ2) is 16.4. The summed E-state index contributed by atoms with van der Waals surface area (Å²) in [6.07, 6.45) is 3.90. The van der Waals surface area contributed by atoms with Gasteiger partial charge in [0.2, 0.25) is 33.6 Å². The molecule has 2 aromatic heterocycles. The minimum atomic E-state index is -3.52. The van der Waals surface area contributed by atoms with Crippen LogP contribution in [0.3, 0.4) is 0 Å². The van der Waals surface area contributed by atoms with Crippen molar-refractivity contribution in [3.8, 4) is 0 Å². The van der Waals surface area contributed by atoms with Crippen LogP contribution in [0.4, 0.5) is 5.69 Å². The first kappa shape index (κ1) is 39.6. The van der Waals surface area contributed by atoms with Gasteiger partial charge in [0.05, 0.1) is 11.9 Å². The third-order valence-electron chi connectivity index (χ3n) is 9.64. The fourth-order valence-electron chi connectivity index (χ4n) is 6.61. The molecule has 4 aromatic rings. The molecule has 5 amide bonds. The summed E-state index contributed by atoms with van der Waals surface area (Å²) in [5, 5.41) is 11.4. The van der Waals surface area contributed by atoms with E-state index in [1.54, 1.807) is 6.92 Å². The minimum absolute atomic E-state index is 0.0178. The second-order valence-electron chi connectivity index (χ2n) is 14.4. The van der Waals surface area contributed by atoms with Crippen LogP contribution in [-0.2, 0) is 26.0 Å². The topological polar surface area (TPSA) is 226 Å². The molecular weight excluding hydrogens is 745 g/mol. The Morgan fingerprint density at radius 2 is 1.57 bits per heavy atom. The van der Waals surface area contributed by atoms with Crippen LogP contribution in [0.1, 0.15) is 94.4 Å². The van der Waals surface area contributed by atoms with Crippen molar-refractivity contribution in [2.45, 2.75) is 70.2 Å². The third-order valence-corrected chi connectivity index (χ3v) is 10.8. The Bertz CT molecular complexity index is 2200. The van der Waals surface area contributed by atoms with Crippen molar-refractivity contribution < 1.29 is 41.2 Å². The summed E-state index contributed by atoms with van der Waals surface area (Å²) in [6.45, 7) is 5.36. The maximum absolute atomic E-state index is 14.3. The summed E-state index contributed by atoms with van der Waals surface area (Å²) >= 11 is 0. The minimum Gasteiger partial charge on any atom is -0.446 e. The van der Waals surface area contributed by atoms with Crippen molar-refractivity contribution in [3.63, 3.8) is 0 Å². The van der Waals surface area contributed by atoms with Crippen molar-refractivity contribution in [2.75, 3.05) is 24.2 Å². The molecule has 0 saturated carbocycles. The molecule has 0 spiro atoms. The number of oxazole rings is 2. The Morgan fingerprint density at radius 3 is 2.25 bits per heavy atom. The molecule has 5 atom stereocenters. The van der Waals surface area contributed by atoms with Crippen LogP contribution in [0, 0.1) is 5.92 Å². The standard InChI is InChI=1S/C38H44N8O9S/c1-21(2)15-27-33(48)39-22(3)36-44-30(20-54-36)38(51)46-18-25(40-32(47)24-11-13-26(14-12-24)45(4)56(5,52)53)17-31(46)35(50)42-28(16-23-9-7-6-8-10-23)37-43-29(19-55-37)34(49)41-27/h6-14,19-22,25,27-28,31H,15-18H2,1-5H3,(H,39,48)(H,40,47)(H,41,49)(H,42,50)/t22-,25+,27-,28+,31+/m1/s1. The van der Waals surface area contributed by atoms with Gasteiger partial charge in [-0.05, 0) is 55.5 Å². The fraction of sp³-hybridized carbons (Fsp3) is 0.395. The van der Waals surface area contributed by atoms with Gasteiger partial charge in [-0.3, -0.25) is 28.3 Å². The zero-order chi connectivity index (χ0) is 40.3. The van der Waals surface area contributed by atoms with Crippen molar-refractivity contribution >= 4 is 45.2 Å². The zero-order valence-corrected chi connectivity index (χ0v) is 32.3. The molecule has 17 nitrogen and oxygen atoms in total. The van der Waals surface area contributed by atoms with Gasteiger partial charge in [-0.25, -0.2) is 18.4 Å². The number of carbonyl (C=O) groups excluding carboxylic acids is 5. The molecule has 2 aliphatic heterocycles. The Hall–Kier alpha value is -6.04. The number of hydrogen-bond donors (Lipinski definition) is 4. The van der Waals surface area contributed by atoms with Crippen LogP contribution in [-0.4, -0.2) is 90.8 Å². The van der Waals surface area contributed by atoms with E-state index in [0.29, 0.717) is 12.1 Å². The molecule has 4 bridgehead atoms. The van der Waals surface area contributed by atoms with Gasteiger partial charge in [-0.15, -0.1) is 0 Å². The van der Waals surface area contributed by atoms with Gasteiger partial charge in [0.1, 0.15) is 36.7 Å². The van der Waals surface area contributed by atoms with Gasteiger partial charge in [0.25, 0.3) is 17.7 Å². The van der Waals surface area contributed by atoms with E-state index in [0.717, 1.165) is 28.7 Å². The molecule has 2 aliphatic rings. The monoisotopic (exact) mass is 788 g/mol. The lowest BCUT2D eigenvalue weighted by atomic mass is 10.0. The molecule has 6 rings (SSSR count). The van der Waals surface area contributed by atoms with Gasteiger partial charge in [0, 0.05) is 31.6 Å². The predicted molar refractivity (Wildman–Crippen MR) is 202 cm³/mol. The molecule has 56 heavy (non-hydrogen) atoms. The third kappa shape index (κ3) is 9.07. The lowest BCUT2D eigenvalue weighted by molar-refractivity contribution is -0.126. The Balaban J connectivity index is 1.32. The van der Waals surface area contributed by atoms with Crippen molar-refractivity contribution in [3.05, 3.63) is 101 Å². The van der Waals surface area contributed by atoms with E-state index in [1.165, 1.54) is 36.2 Å². The van der Waals surface area contributed by atoms with Crippen LogP contribution in [0.5, 0.6) is 0 Å². The van der Waals surface area contributed by atoms with E-state index in [9.17, 15) is 32.4 Å². The van der Waals surface area contributed by atoms with Gasteiger partial charge in [0.15, 0.2) is 11.4 Å². The fourth-order valence-corrected chi connectivity index (χ4v) is 7.11. The van der Waals surface area contributed by atoms with Crippen LogP contribution in [0.15, 0.2) is 76.0 Å². The number of aromatic nitrogens is 2. The number of rotatable bonds is 8. The van der Waals surface area contributed by atoms with Crippen LogP contribution in [0.2, 0.25) is 0 Å². The highest BCUT2D eigenvalue weighted by molar-refractivity contribution is 7.92. The second-order valence-corrected chi connectivity index (χ2v) is 16.4. The average Bonchev–Trinajstić information content (AvgIpc) is 3.94. The van der Waals surface area contributed by atoms with Crippen molar-refractivity contribution in [1.82, 2.24) is 36.1 Å². The lowest BCUT2D eigenvalue weighted by Gasteiger charge is -2.25. The number of hydrogen-bond acceptors (Lipinski definition) is 11. The van der Waals surface area contributed by atoms with Gasteiger partial charge in [-0.2, -0.15) is 0 Å². The van der Waals surface area contributed by atoms with Gasteiger partial charge >= 0.3 is 0 Å². The Kier molecular flexibility index (Phi) is 11.6.